The van der Waals surface area contributed by atoms with Crippen LogP contribution in [0.2, 0.25) is 0 Å². The summed E-state index contributed by atoms with van der Waals surface area (Å²) in [5.41, 5.74) is 0.256. The molecule has 2 aliphatic carbocycles. The Labute approximate surface area is 158 Å². The van der Waals surface area contributed by atoms with E-state index in [1.807, 2.05) is 12.1 Å². The molecule has 2 fully saturated rings. The third kappa shape index (κ3) is 1.90. The summed E-state index contributed by atoms with van der Waals surface area (Å²) >= 11 is 0. The number of halogens is 1. The summed E-state index contributed by atoms with van der Waals surface area (Å²) in [5, 5.41) is 22.1. The van der Waals surface area contributed by atoms with Crippen molar-refractivity contribution in [2.75, 3.05) is 13.1 Å². The first-order valence-electron chi connectivity index (χ1n) is 8.65. The molecule has 7 heteroatoms. The summed E-state index contributed by atoms with van der Waals surface area (Å²) in [6.07, 6.45) is 3.35. The van der Waals surface area contributed by atoms with E-state index in [9.17, 15) is 15.0 Å². The van der Waals surface area contributed by atoms with Gasteiger partial charge in [-0.25, -0.2) is 0 Å². The highest BCUT2D eigenvalue weighted by atomic mass is 35.5. The van der Waals surface area contributed by atoms with Gasteiger partial charge >= 0.3 is 0 Å². The summed E-state index contributed by atoms with van der Waals surface area (Å²) in [6, 6.07) is 3.52. The number of benzene rings is 1. The molecular formula is C19H24ClNO5. The van der Waals surface area contributed by atoms with Gasteiger partial charge in [0, 0.05) is 31.1 Å². The number of carbonyl (C=O) groups excluding carboxylic acids is 1. The Morgan fingerprint density at radius 1 is 1.38 bits per heavy atom. The number of aliphatic hydroxyl groups is 1. The highest BCUT2D eigenvalue weighted by Crippen LogP contribution is 2.64. The Bertz CT molecular complexity index is 783. The third-order valence-electron chi connectivity index (χ3n) is 6.73. The first kappa shape index (κ1) is 19.2. The van der Waals surface area contributed by atoms with Crippen molar-refractivity contribution in [2.24, 2.45) is 0 Å². The maximum Gasteiger partial charge on any atom is 0.174 e. The van der Waals surface area contributed by atoms with Crippen molar-refractivity contribution >= 4 is 18.2 Å². The molecule has 0 aromatic heterocycles. The number of rotatable bonds is 2. The normalized spacial score (nSPS) is 36.3. The van der Waals surface area contributed by atoms with E-state index < -0.39 is 17.1 Å². The predicted molar refractivity (Wildman–Crippen MR) is 98.1 cm³/mol. The molecule has 1 unspecified atom stereocenters. The molecule has 1 aromatic carbocycles. The standard InChI is InChI=1S/C19H21NO4.ClH.H2O/c1-2-8-20-9-7-18-15-11-3-4-12(21)16(15)24-17(18)13(22)5-6-19(18,23)14(20)10-11;;/h2-4,14,17,21,23H,1,5-10H2;1H;1H2/t14-,17+,18+,19?;;/m1../s1. The van der Waals surface area contributed by atoms with Gasteiger partial charge in [0.25, 0.3) is 0 Å². The summed E-state index contributed by atoms with van der Waals surface area (Å²) in [5.74, 6) is 0.528. The minimum atomic E-state index is -1.00. The zero-order valence-corrected chi connectivity index (χ0v) is 15.2. The number of hydrogen-bond acceptors (Lipinski definition) is 5. The summed E-state index contributed by atoms with van der Waals surface area (Å²) < 4.78 is 5.98. The van der Waals surface area contributed by atoms with E-state index in [1.165, 1.54) is 0 Å². The van der Waals surface area contributed by atoms with Crippen molar-refractivity contribution < 1.29 is 25.2 Å². The smallest absolute Gasteiger partial charge is 0.174 e. The van der Waals surface area contributed by atoms with Crippen molar-refractivity contribution in [3.8, 4) is 11.5 Å². The molecule has 2 bridgehead atoms. The topological polar surface area (TPSA) is 102 Å². The molecule has 1 spiro atoms. The van der Waals surface area contributed by atoms with Crippen LogP contribution in [0.5, 0.6) is 11.5 Å². The maximum absolute atomic E-state index is 12.6. The monoisotopic (exact) mass is 381 g/mol. The van der Waals surface area contributed by atoms with Crippen molar-refractivity contribution in [1.82, 2.24) is 4.90 Å². The van der Waals surface area contributed by atoms with Crippen LogP contribution in [0.25, 0.3) is 0 Å². The van der Waals surface area contributed by atoms with Crippen LogP contribution >= 0.6 is 12.4 Å². The van der Waals surface area contributed by atoms with E-state index in [0.29, 0.717) is 31.4 Å². The van der Waals surface area contributed by atoms with E-state index >= 15 is 0 Å². The number of Topliss-reactive ketones (excluding diaryl/α,β-unsaturated/α-hetero) is 1. The Morgan fingerprint density at radius 2 is 2.15 bits per heavy atom. The first-order valence-corrected chi connectivity index (χ1v) is 8.65. The molecule has 1 saturated heterocycles. The van der Waals surface area contributed by atoms with E-state index in [-0.39, 0.29) is 35.5 Å². The summed E-state index contributed by atoms with van der Waals surface area (Å²) in [7, 11) is 0. The number of nitrogens with zero attached hydrogens (tertiary/aromatic N) is 1. The largest absolute Gasteiger partial charge is 0.504 e. The fraction of sp³-hybridized carbons (Fsp3) is 0.526. The van der Waals surface area contributed by atoms with Gasteiger partial charge < -0.3 is 20.4 Å². The third-order valence-corrected chi connectivity index (χ3v) is 6.73. The maximum atomic E-state index is 12.6. The zero-order valence-electron chi connectivity index (χ0n) is 14.4. The molecule has 2 heterocycles. The lowest BCUT2D eigenvalue weighted by Crippen LogP contribution is -2.76. The number of phenols is 1. The van der Waals surface area contributed by atoms with Gasteiger partial charge in [0.15, 0.2) is 23.4 Å². The number of hydrogen-bond donors (Lipinski definition) is 2. The Kier molecular flexibility index (Phi) is 4.39. The summed E-state index contributed by atoms with van der Waals surface area (Å²) in [6.45, 7) is 5.36. The quantitative estimate of drug-likeness (QED) is 0.741. The lowest BCUT2D eigenvalue weighted by molar-refractivity contribution is -0.187. The molecular weight excluding hydrogens is 358 g/mol. The highest BCUT2D eigenvalue weighted by Gasteiger charge is 2.72. The van der Waals surface area contributed by atoms with E-state index in [4.69, 9.17) is 4.74 Å². The molecule has 1 saturated carbocycles. The van der Waals surface area contributed by atoms with Gasteiger partial charge in [-0.05, 0) is 30.9 Å². The van der Waals surface area contributed by atoms with Gasteiger partial charge in [0.2, 0.25) is 0 Å². The lowest BCUT2D eigenvalue weighted by atomic mass is 9.49. The van der Waals surface area contributed by atoms with Gasteiger partial charge in [0.05, 0.1) is 11.0 Å². The average Bonchev–Trinajstić information content (AvgIpc) is 2.91. The van der Waals surface area contributed by atoms with Crippen molar-refractivity contribution in [3.05, 3.63) is 35.9 Å². The van der Waals surface area contributed by atoms with Crippen LogP contribution in [0.15, 0.2) is 24.8 Å². The molecule has 4 aliphatic rings. The average molecular weight is 382 g/mol. The SMILES string of the molecule is C=CCN1CC[C@]23c4c5ccc(O)c4O[C@H]2C(=O)CCC3(O)[C@H]1C5.Cl.O. The number of ether oxygens (including phenoxy) is 1. The Hall–Kier alpha value is -1.60. The van der Waals surface area contributed by atoms with Crippen LogP contribution < -0.4 is 4.74 Å². The van der Waals surface area contributed by atoms with Crippen LogP contribution in [0.1, 0.15) is 30.4 Å². The molecule has 4 N–H and O–H groups in total. The van der Waals surface area contributed by atoms with Crippen molar-refractivity contribution in [3.63, 3.8) is 0 Å². The molecule has 4 atom stereocenters. The minimum absolute atomic E-state index is 0. The highest BCUT2D eigenvalue weighted by molar-refractivity contribution is 5.90. The van der Waals surface area contributed by atoms with Crippen LogP contribution in [-0.2, 0) is 16.6 Å². The van der Waals surface area contributed by atoms with Crippen LogP contribution in [0.3, 0.4) is 0 Å². The number of phenolic OH excluding ortho intramolecular Hbond substituents is 1. The molecule has 6 nitrogen and oxygen atoms in total. The zero-order chi connectivity index (χ0) is 16.7. The Morgan fingerprint density at radius 3 is 2.88 bits per heavy atom. The number of carbonyl (C=O) groups is 1. The number of piperidine rings is 1. The van der Waals surface area contributed by atoms with Gasteiger partial charge in [-0.1, -0.05) is 12.1 Å². The van der Waals surface area contributed by atoms with E-state index in [2.05, 4.69) is 11.5 Å². The molecule has 26 heavy (non-hydrogen) atoms. The summed E-state index contributed by atoms with van der Waals surface area (Å²) in [4.78, 5) is 14.9. The Balaban J connectivity index is 0.000000980. The molecule has 1 aromatic rings. The lowest BCUT2D eigenvalue weighted by Gasteiger charge is -2.62. The van der Waals surface area contributed by atoms with E-state index in [0.717, 1.165) is 24.2 Å². The number of ketones is 1. The fourth-order valence-electron chi connectivity index (χ4n) is 5.80. The molecule has 0 amide bonds. The van der Waals surface area contributed by atoms with Crippen molar-refractivity contribution in [2.45, 2.75) is 48.8 Å². The van der Waals surface area contributed by atoms with Crippen LogP contribution in [0, 0.1) is 0 Å². The van der Waals surface area contributed by atoms with Gasteiger partial charge in [-0.2, -0.15) is 0 Å². The van der Waals surface area contributed by atoms with Crippen LogP contribution in [0.4, 0.5) is 0 Å². The van der Waals surface area contributed by atoms with Gasteiger partial charge in [0.1, 0.15) is 0 Å². The van der Waals surface area contributed by atoms with Crippen molar-refractivity contribution in [1.29, 1.82) is 0 Å². The van der Waals surface area contributed by atoms with Gasteiger partial charge in [-0.3, -0.25) is 9.69 Å². The van der Waals surface area contributed by atoms with E-state index in [1.54, 1.807) is 6.07 Å². The first-order chi connectivity index (χ1) is 11.5. The van der Waals surface area contributed by atoms with Gasteiger partial charge in [-0.15, -0.1) is 19.0 Å². The predicted octanol–water partition coefficient (Wildman–Crippen LogP) is 0.898. The number of likely N-dealkylation sites (tertiary alicyclic amines) is 1. The molecule has 142 valence electrons. The molecule has 2 aliphatic heterocycles. The molecule has 0 radical (unpaired) electrons. The molecule has 5 rings (SSSR count). The second kappa shape index (κ2) is 5.96. The second-order valence-corrected chi connectivity index (χ2v) is 7.56. The number of aromatic hydroxyl groups is 1. The second-order valence-electron chi connectivity index (χ2n) is 7.56. The fourth-order valence-corrected chi connectivity index (χ4v) is 5.80. The van der Waals surface area contributed by atoms with Crippen LogP contribution in [-0.4, -0.2) is 57.2 Å². The minimum Gasteiger partial charge on any atom is -0.504 e.